The summed E-state index contributed by atoms with van der Waals surface area (Å²) >= 11 is 5.96. The number of halogens is 2. The number of carboxylic acids is 1. The number of benzene rings is 2. The molecule has 174 valence electrons. The second-order valence-electron chi connectivity index (χ2n) is 8.60. The first-order chi connectivity index (χ1) is 15.8. The number of hydrogen-bond donors (Lipinski definition) is 1. The molecule has 7 heteroatoms. The van der Waals surface area contributed by atoms with Gasteiger partial charge >= 0.3 is 5.97 Å². The van der Waals surface area contributed by atoms with Gasteiger partial charge in [0.25, 0.3) is 0 Å². The molecule has 2 aromatic carbocycles. The van der Waals surface area contributed by atoms with Crippen LogP contribution in [0.2, 0.25) is 5.02 Å². The van der Waals surface area contributed by atoms with Crippen LogP contribution in [0.15, 0.2) is 42.5 Å². The topological polar surface area (TPSA) is 62.5 Å². The molecule has 5 nitrogen and oxygen atoms in total. The number of fused-ring (bicyclic) bond motifs is 3. The molecule has 3 aromatic rings. The van der Waals surface area contributed by atoms with Gasteiger partial charge < -0.3 is 14.6 Å². The average molecular weight is 471 g/mol. The molecule has 0 saturated heterocycles. The van der Waals surface area contributed by atoms with E-state index in [1.165, 1.54) is 12.1 Å². The molecular weight excluding hydrogens is 443 g/mol. The van der Waals surface area contributed by atoms with E-state index in [9.17, 15) is 19.1 Å². The Morgan fingerprint density at radius 1 is 1.21 bits per heavy atom. The van der Waals surface area contributed by atoms with Crippen LogP contribution in [0.25, 0.3) is 10.9 Å². The number of hydrogen-bond acceptors (Lipinski definition) is 2. The summed E-state index contributed by atoms with van der Waals surface area (Å²) in [4.78, 5) is 27.0. The zero-order valence-electron chi connectivity index (χ0n) is 18.9. The molecule has 1 N–H and O–H groups in total. The Balaban J connectivity index is 1.67. The summed E-state index contributed by atoms with van der Waals surface area (Å²) in [6, 6.07) is 11.1. The molecular formula is C26H28ClFN2O3. The second kappa shape index (κ2) is 9.56. The minimum Gasteiger partial charge on any atom is -0.480 e. The van der Waals surface area contributed by atoms with Crippen molar-refractivity contribution in [2.75, 3.05) is 6.54 Å². The van der Waals surface area contributed by atoms with Gasteiger partial charge in [0.1, 0.15) is 11.9 Å². The molecule has 33 heavy (non-hydrogen) atoms. The highest BCUT2D eigenvalue weighted by atomic mass is 35.5. The number of nitrogens with zero attached hydrogens (tertiary/aromatic N) is 2. The van der Waals surface area contributed by atoms with Crippen LogP contribution in [0.3, 0.4) is 0 Å². The zero-order chi connectivity index (χ0) is 23.7. The van der Waals surface area contributed by atoms with Gasteiger partial charge in [-0.2, -0.15) is 0 Å². The fraction of sp³-hybridized carbons (Fsp3) is 0.385. The summed E-state index contributed by atoms with van der Waals surface area (Å²) in [7, 11) is 0. The normalized spacial score (nSPS) is 16.4. The fourth-order valence-corrected chi connectivity index (χ4v) is 5.28. The highest BCUT2D eigenvalue weighted by molar-refractivity contribution is 6.30. The Morgan fingerprint density at radius 3 is 2.58 bits per heavy atom. The van der Waals surface area contributed by atoms with Crippen LogP contribution in [0.1, 0.15) is 49.6 Å². The monoisotopic (exact) mass is 470 g/mol. The SMILES string of the molecule is CCC(C(=O)O)n1c2c(c3cc(F)ccc31)C[C@@H](N(CC)C(=O)Cc1ccc(Cl)cc1)CC2. The minimum absolute atomic E-state index is 0.0190. The van der Waals surface area contributed by atoms with Crippen molar-refractivity contribution in [3.8, 4) is 0 Å². The first-order valence-electron chi connectivity index (χ1n) is 11.4. The Kier molecular flexibility index (Phi) is 6.75. The number of likely N-dealkylation sites (N-methyl/N-ethyl adjacent to an activating group) is 1. The van der Waals surface area contributed by atoms with Crippen LogP contribution in [0, 0.1) is 5.82 Å². The molecule has 0 saturated carbocycles. The number of aromatic nitrogens is 1. The molecule has 1 heterocycles. The van der Waals surface area contributed by atoms with Crippen molar-refractivity contribution in [2.24, 2.45) is 0 Å². The first kappa shape index (κ1) is 23.3. The molecule has 0 fully saturated rings. The molecule has 1 unspecified atom stereocenters. The van der Waals surface area contributed by atoms with Crippen LogP contribution in [-0.2, 0) is 28.9 Å². The van der Waals surface area contributed by atoms with Gasteiger partial charge in [0, 0.05) is 34.2 Å². The van der Waals surface area contributed by atoms with E-state index in [-0.39, 0.29) is 17.8 Å². The van der Waals surface area contributed by atoms with Gasteiger partial charge in [0.15, 0.2) is 0 Å². The minimum atomic E-state index is -0.892. The number of aliphatic carboxylic acids is 1. The van der Waals surface area contributed by atoms with E-state index >= 15 is 0 Å². The third-order valence-corrected chi connectivity index (χ3v) is 6.94. The zero-order valence-corrected chi connectivity index (χ0v) is 19.6. The van der Waals surface area contributed by atoms with E-state index < -0.39 is 12.0 Å². The summed E-state index contributed by atoms with van der Waals surface area (Å²) in [5, 5.41) is 11.2. The van der Waals surface area contributed by atoms with Crippen LogP contribution in [-0.4, -0.2) is 39.0 Å². The Hall–Kier alpha value is -2.86. The predicted octanol–water partition coefficient (Wildman–Crippen LogP) is 5.42. The number of carboxylic acid groups (broad SMARTS) is 1. The van der Waals surface area contributed by atoms with Gasteiger partial charge in [0.2, 0.25) is 5.91 Å². The van der Waals surface area contributed by atoms with Crippen LogP contribution in [0.4, 0.5) is 4.39 Å². The quantitative estimate of drug-likeness (QED) is 0.501. The average Bonchev–Trinajstić information content (AvgIpc) is 3.09. The van der Waals surface area contributed by atoms with E-state index in [0.717, 1.165) is 34.1 Å². The summed E-state index contributed by atoms with van der Waals surface area (Å²) in [5.41, 5.74) is 3.55. The molecule has 4 rings (SSSR count). The summed E-state index contributed by atoms with van der Waals surface area (Å²) in [5.74, 6) is -1.20. The molecule has 0 spiro atoms. The third-order valence-electron chi connectivity index (χ3n) is 6.69. The lowest BCUT2D eigenvalue weighted by Gasteiger charge is -2.34. The molecule has 0 radical (unpaired) electrons. The standard InChI is InChI=1S/C26H28ClFN2O3/c1-3-22(26(32)33)30-23-11-9-18(28)14-20(23)21-15-19(10-12-24(21)30)29(4-2)25(31)13-16-5-7-17(27)8-6-16/h5-9,11,14,19,22H,3-4,10,12-13,15H2,1-2H3,(H,32,33)/t19-,22?/m0/s1. The predicted molar refractivity (Wildman–Crippen MR) is 127 cm³/mol. The largest absolute Gasteiger partial charge is 0.480 e. The molecule has 1 aliphatic rings. The van der Waals surface area contributed by atoms with Crippen molar-refractivity contribution in [3.63, 3.8) is 0 Å². The first-order valence-corrected chi connectivity index (χ1v) is 11.8. The van der Waals surface area contributed by atoms with Crippen molar-refractivity contribution in [3.05, 3.63) is 70.1 Å². The number of rotatable bonds is 7. The van der Waals surface area contributed by atoms with Gasteiger partial charge in [-0.15, -0.1) is 0 Å². The van der Waals surface area contributed by atoms with Crippen molar-refractivity contribution in [1.29, 1.82) is 0 Å². The maximum atomic E-state index is 14.2. The second-order valence-corrected chi connectivity index (χ2v) is 9.04. The number of carbonyl (C=O) groups is 2. The van der Waals surface area contributed by atoms with E-state index in [2.05, 4.69) is 0 Å². The van der Waals surface area contributed by atoms with Gasteiger partial charge in [-0.25, -0.2) is 9.18 Å². The molecule has 0 bridgehead atoms. The van der Waals surface area contributed by atoms with E-state index in [0.29, 0.717) is 37.3 Å². The Bertz CT molecular complexity index is 1190. The molecule has 1 aromatic heterocycles. The Labute approximate surface area is 197 Å². The maximum Gasteiger partial charge on any atom is 0.326 e. The van der Waals surface area contributed by atoms with Gasteiger partial charge in [-0.3, -0.25) is 4.79 Å². The summed E-state index contributed by atoms with van der Waals surface area (Å²) in [6.07, 6.45) is 2.69. The maximum absolute atomic E-state index is 14.2. The number of amides is 1. The highest BCUT2D eigenvalue weighted by Crippen LogP contribution is 2.37. The lowest BCUT2D eigenvalue weighted by atomic mass is 9.89. The van der Waals surface area contributed by atoms with Crippen molar-refractivity contribution >= 4 is 34.4 Å². The highest BCUT2D eigenvalue weighted by Gasteiger charge is 2.33. The third kappa shape index (κ3) is 4.49. The molecule has 1 amide bonds. The molecule has 1 aliphatic carbocycles. The van der Waals surface area contributed by atoms with Crippen LogP contribution < -0.4 is 0 Å². The van der Waals surface area contributed by atoms with E-state index in [1.54, 1.807) is 18.2 Å². The van der Waals surface area contributed by atoms with Gasteiger partial charge in [0.05, 0.1) is 6.42 Å². The van der Waals surface area contributed by atoms with E-state index in [1.807, 2.05) is 35.4 Å². The van der Waals surface area contributed by atoms with Crippen molar-refractivity contribution in [2.45, 2.75) is 58.0 Å². The van der Waals surface area contributed by atoms with E-state index in [4.69, 9.17) is 11.6 Å². The van der Waals surface area contributed by atoms with Crippen LogP contribution >= 0.6 is 11.6 Å². The van der Waals surface area contributed by atoms with Crippen molar-refractivity contribution < 1.29 is 19.1 Å². The van der Waals surface area contributed by atoms with Crippen LogP contribution in [0.5, 0.6) is 0 Å². The van der Waals surface area contributed by atoms with Gasteiger partial charge in [-0.1, -0.05) is 30.7 Å². The smallest absolute Gasteiger partial charge is 0.326 e. The summed E-state index contributed by atoms with van der Waals surface area (Å²) < 4.78 is 16.0. The number of carbonyl (C=O) groups excluding carboxylic acids is 1. The van der Waals surface area contributed by atoms with Crippen molar-refractivity contribution in [1.82, 2.24) is 9.47 Å². The van der Waals surface area contributed by atoms with Gasteiger partial charge in [-0.05, 0) is 74.1 Å². The summed E-state index contributed by atoms with van der Waals surface area (Å²) in [6.45, 7) is 4.39. The lowest BCUT2D eigenvalue weighted by Crippen LogP contribution is -2.44. The molecule has 0 aliphatic heterocycles. The lowest BCUT2D eigenvalue weighted by molar-refractivity contribution is -0.141. The fourth-order valence-electron chi connectivity index (χ4n) is 5.15. The Morgan fingerprint density at radius 2 is 1.94 bits per heavy atom. The molecule has 2 atom stereocenters.